The van der Waals surface area contributed by atoms with Crippen molar-refractivity contribution in [3.63, 3.8) is 0 Å². The normalized spacial score (nSPS) is 10.6. The van der Waals surface area contributed by atoms with Gasteiger partial charge in [0.1, 0.15) is 5.75 Å². The topological polar surface area (TPSA) is 26.3 Å². The molecule has 0 radical (unpaired) electrons. The van der Waals surface area contributed by atoms with E-state index in [1.165, 1.54) is 10.4 Å². The lowest BCUT2D eigenvalue weighted by atomic mass is 10.1. The van der Waals surface area contributed by atoms with Gasteiger partial charge in [0.05, 0.1) is 4.88 Å². The highest BCUT2D eigenvalue weighted by Crippen LogP contribution is 2.25. The fourth-order valence-corrected chi connectivity index (χ4v) is 3.19. The minimum absolute atomic E-state index is 0.0501. The Labute approximate surface area is 124 Å². The summed E-state index contributed by atoms with van der Waals surface area (Å²) >= 11 is 1.56. The smallest absolute Gasteiger partial charge is 0.210 e. The van der Waals surface area contributed by atoms with E-state index in [-0.39, 0.29) is 12.4 Å². The number of hydrogen-bond donors (Lipinski definition) is 0. The molecule has 2 rings (SSSR count). The number of ether oxygens (including phenoxy) is 1. The minimum atomic E-state index is 0.0501. The molecule has 0 aliphatic heterocycles. The molecule has 0 unspecified atom stereocenters. The minimum Gasteiger partial charge on any atom is -0.485 e. The summed E-state index contributed by atoms with van der Waals surface area (Å²) in [5.41, 5.74) is 3.37. The van der Waals surface area contributed by atoms with Crippen molar-refractivity contribution in [2.75, 3.05) is 6.61 Å². The molecular formula is C17H20O2S. The first-order chi connectivity index (χ1) is 9.51. The highest BCUT2D eigenvalue weighted by atomic mass is 32.1. The molecule has 1 aromatic carbocycles. The molecular weight excluding hydrogens is 268 g/mol. The third-order valence-electron chi connectivity index (χ3n) is 3.24. The molecule has 3 heteroatoms. The van der Waals surface area contributed by atoms with Crippen LogP contribution in [0.15, 0.2) is 24.3 Å². The molecule has 0 spiro atoms. The van der Waals surface area contributed by atoms with Gasteiger partial charge in [0.25, 0.3) is 0 Å². The summed E-state index contributed by atoms with van der Waals surface area (Å²) in [5, 5.41) is 0. The standard InChI is InChI=1S/C17H20O2S/c1-5-14-6-7-16(20-14)15(18)10-19-17-12(3)8-11(2)9-13(17)4/h6-9H,5,10H2,1-4H3. The average Bonchev–Trinajstić information content (AvgIpc) is 2.86. The Morgan fingerprint density at radius 3 is 2.35 bits per heavy atom. The summed E-state index contributed by atoms with van der Waals surface area (Å²) in [6.45, 7) is 8.29. The van der Waals surface area contributed by atoms with Gasteiger partial charge in [-0.1, -0.05) is 24.6 Å². The molecule has 0 aliphatic carbocycles. The zero-order valence-corrected chi connectivity index (χ0v) is 13.3. The largest absolute Gasteiger partial charge is 0.485 e. The second-order valence-electron chi connectivity index (χ2n) is 5.06. The van der Waals surface area contributed by atoms with E-state index >= 15 is 0 Å². The van der Waals surface area contributed by atoms with Crippen LogP contribution in [0.2, 0.25) is 0 Å². The number of ketones is 1. The predicted octanol–water partition coefficient (Wildman–Crippen LogP) is 4.50. The van der Waals surface area contributed by atoms with Gasteiger partial charge in [-0.15, -0.1) is 11.3 Å². The van der Waals surface area contributed by atoms with E-state index in [1.54, 1.807) is 11.3 Å². The third-order valence-corrected chi connectivity index (χ3v) is 4.51. The molecule has 0 amide bonds. The van der Waals surface area contributed by atoms with Crippen molar-refractivity contribution in [3.05, 3.63) is 50.7 Å². The van der Waals surface area contributed by atoms with Gasteiger partial charge in [-0.3, -0.25) is 4.79 Å². The summed E-state index contributed by atoms with van der Waals surface area (Å²) < 4.78 is 5.74. The van der Waals surface area contributed by atoms with Gasteiger partial charge in [-0.25, -0.2) is 0 Å². The maximum absolute atomic E-state index is 12.1. The van der Waals surface area contributed by atoms with Crippen LogP contribution in [0.25, 0.3) is 0 Å². The predicted molar refractivity (Wildman–Crippen MR) is 84.2 cm³/mol. The Morgan fingerprint density at radius 1 is 1.15 bits per heavy atom. The first-order valence-corrected chi connectivity index (χ1v) is 7.65. The van der Waals surface area contributed by atoms with E-state index in [9.17, 15) is 4.79 Å². The molecule has 1 heterocycles. The lowest BCUT2D eigenvalue weighted by Gasteiger charge is -2.12. The summed E-state index contributed by atoms with van der Waals surface area (Å²) in [7, 11) is 0. The quantitative estimate of drug-likeness (QED) is 0.757. The zero-order valence-electron chi connectivity index (χ0n) is 12.4. The number of hydrogen-bond acceptors (Lipinski definition) is 3. The SMILES string of the molecule is CCc1ccc(C(=O)COc2c(C)cc(C)cc2C)s1. The Kier molecular flexibility index (Phi) is 4.61. The number of carbonyl (C=O) groups excluding carboxylic acids is 1. The molecule has 0 fully saturated rings. The van der Waals surface area contributed by atoms with Crippen molar-refractivity contribution in [1.82, 2.24) is 0 Å². The second-order valence-corrected chi connectivity index (χ2v) is 6.23. The van der Waals surface area contributed by atoms with Crippen molar-refractivity contribution >= 4 is 17.1 Å². The molecule has 0 aliphatic rings. The van der Waals surface area contributed by atoms with Crippen LogP contribution in [0.1, 0.15) is 38.2 Å². The molecule has 0 saturated carbocycles. The van der Waals surface area contributed by atoms with Crippen LogP contribution >= 0.6 is 11.3 Å². The molecule has 2 aromatic rings. The monoisotopic (exact) mass is 288 g/mol. The van der Waals surface area contributed by atoms with Gasteiger partial charge < -0.3 is 4.74 Å². The number of benzene rings is 1. The van der Waals surface area contributed by atoms with Crippen molar-refractivity contribution in [2.45, 2.75) is 34.1 Å². The summed E-state index contributed by atoms with van der Waals surface area (Å²) in [5.74, 6) is 0.880. The van der Waals surface area contributed by atoms with Gasteiger partial charge in [0.15, 0.2) is 6.61 Å². The van der Waals surface area contributed by atoms with E-state index in [1.807, 2.05) is 26.0 Å². The Bertz CT molecular complexity index is 603. The second kappa shape index (κ2) is 6.23. The van der Waals surface area contributed by atoms with Gasteiger partial charge in [0, 0.05) is 4.88 Å². The van der Waals surface area contributed by atoms with Crippen LogP contribution in [0.4, 0.5) is 0 Å². The molecule has 1 aromatic heterocycles. The molecule has 0 atom stereocenters. The average molecular weight is 288 g/mol. The van der Waals surface area contributed by atoms with Crippen LogP contribution in [0.3, 0.4) is 0 Å². The van der Waals surface area contributed by atoms with E-state index in [0.717, 1.165) is 28.2 Å². The van der Waals surface area contributed by atoms with E-state index in [4.69, 9.17) is 4.74 Å². The van der Waals surface area contributed by atoms with Crippen LogP contribution in [-0.2, 0) is 6.42 Å². The van der Waals surface area contributed by atoms with Crippen molar-refractivity contribution < 1.29 is 9.53 Å². The number of aryl methyl sites for hydroxylation is 4. The van der Waals surface area contributed by atoms with Crippen LogP contribution in [-0.4, -0.2) is 12.4 Å². The van der Waals surface area contributed by atoms with Crippen LogP contribution < -0.4 is 4.74 Å². The molecule has 0 N–H and O–H groups in total. The highest BCUT2D eigenvalue weighted by molar-refractivity contribution is 7.14. The number of thiophene rings is 1. The zero-order chi connectivity index (χ0) is 14.7. The molecule has 2 nitrogen and oxygen atoms in total. The number of Topliss-reactive ketones (excluding diaryl/α,β-unsaturated/α-hetero) is 1. The third kappa shape index (κ3) is 3.28. The van der Waals surface area contributed by atoms with Crippen LogP contribution in [0.5, 0.6) is 5.75 Å². The number of rotatable bonds is 5. The van der Waals surface area contributed by atoms with Crippen molar-refractivity contribution in [1.29, 1.82) is 0 Å². The summed E-state index contributed by atoms with van der Waals surface area (Å²) in [6.07, 6.45) is 0.967. The van der Waals surface area contributed by atoms with Gasteiger partial charge >= 0.3 is 0 Å². The molecule has 106 valence electrons. The fourth-order valence-electron chi connectivity index (χ4n) is 2.32. The highest BCUT2D eigenvalue weighted by Gasteiger charge is 2.12. The first-order valence-electron chi connectivity index (χ1n) is 6.83. The lowest BCUT2D eigenvalue weighted by Crippen LogP contribution is -2.11. The fraction of sp³-hybridized carbons (Fsp3) is 0.353. The maximum atomic E-state index is 12.1. The van der Waals surface area contributed by atoms with E-state index in [0.29, 0.717) is 0 Å². The van der Waals surface area contributed by atoms with Gasteiger partial charge in [-0.2, -0.15) is 0 Å². The van der Waals surface area contributed by atoms with Crippen molar-refractivity contribution in [3.8, 4) is 5.75 Å². The molecule has 20 heavy (non-hydrogen) atoms. The summed E-state index contributed by atoms with van der Waals surface area (Å²) in [6, 6.07) is 8.06. The van der Waals surface area contributed by atoms with E-state index in [2.05, 4.69) is 26.0 Å². The maximum Gasteiger partial charge on any atom is 0.210 e. The van der Waals surface area contributed by atoms with Crippen molar-refractivity contribution in [2.24, 2.45) is 0 Å². The van der Waals surface area contributed by atoms with Crippen LogP contribution in [0, 0.1) is 20.8 Å². The molecule has 0 saturated heterocycles. The first kappa shape index (κ1) is 14.8. The molecule has 0 bridgehead atoms. The summed E-state index contributed by atoms with van der Waals surface area (Å²) in [4.78, 5) is 14.1. The lowest BCUT2D eigenvalue weighted by molar-refractivity contribution is 0.0925. The van der Waals surface area contributed by atoms with Gasteiger partial charge in [0.2, 0.25) is 5.78 Å². The van der Waals surface area contributed by atoms with E-state index < -0.39 is 0 Å². The Hall–Kier alpha value is -1.61. The number of carbonyl (C=O) groups is 1. The Morgan fingerprint density at radius 2 is 1.80 bits per heavy atom. The van der Waals surface area contributed by atoms with Gasteiger partial charge in [-0.05, 0) is 50.5 Å². The Balaban J connectivity index is 2.07.